The molecule has 0 aliphatic rings. The van der Waals surface area contributed by atoms with Crippen molar-refractivity contribution in [1.82, 2.24) is 4.98 Å². The minimum Gasteiger partial charge on any atom is -0.496 e. The van der Waals surface area contributed by atoms with E-state index in [0.29, 0.717) is 17.3 Å². The fourth-order valence-corrected chi connectivity index (χ4v) is 2.12. The Morgan fingerprint density at radius 2 is 2.15 bits per heavy atom. The molecule has 1 aromatic carbocycles. The SMILES string of the molecule is COc1ccc(NC(=O)c2cccc(NN)n2)cc1Br. The number of methoxy groups -OCH3 is 1. The van der Waals surface area contributed by atoms with Gasteiger partial charge in [-0.15, -0.1) is 0 Å². The number of anilines is 2. The van der Waals surface area contributed by atoms with Crippen LogP contribution in [0.3, 0.4) is 0 Å². The number of aromatic nitrogens is 1. The van der Waals surface area contributed by atoms with Crippen molar-refractivity contribution in [3.05, 3.63) is 46.6 Å². The van der Waals surface area contributed by atoms with E-state index >= 15 is 0 Å². The molecule has 2 aromatic rings. The van der Waals surface area contributed by atoms with Crippen LogP contribution in [0, 0.1) is 0 Å². The maximum atomic E-state index is 12.1. The quantitative estimate of drug-likeness (QED) is 0.589. The highest BCUT2D eigenvalue weighted by Crippen LogP contribution is 2.27. The van der Waals surface area contributed by atoms with Crippen LogP contribution in [-0.4, -0.2) is 18.0 Å². The molecule has 0 unspecified atom stereocenters. The van der Waals surface area contributed by atoms with Crippen molar-refractivity contribution in [2.45, 2.75) is 0 Å². The number of ether oxygens (including phenoxy) is 1. The van der Waals surface area contributed by atoms with Crippen molar-refractivity contribution in [2.75, 3.05) is 17.9 Å². The zero-order valence-corrected chi connectivity index (χ0v) is 12.3. The van der Waals surface area contributed by atoms with Gasteiger partial charge < -0.3 is 15.5 Å². The number of hydrogen-bond acceptors (Lipinski definition) is 5. The van der Waals surface area contributed by atoms with Crippen molar-refractivity contribution in [1.29, 1.82) is 0 Å². The molecule has 1 heterocycles. The van der Waals surface area contributed by atoms with Crippen LogP contribution < -0.4 is 21.3 Å². The lowest BCUT2D eigenvalue weighted by molar-refractivity contribution is 0.102. The highest BCUT2D eigenvalue weighted by molar-refractivity contribution is 9.10. The van der Waals surface area contributed by atoms with Gasteiger partial charge in [0.15, 0.2) is 0 Å². The summed E-state index contributed by atoms with van der Waals surface area (Å²) in [5, 5.41) is 2.75. The molecule has 0 radical (unpaired) electrons. The maximum absolute atomic E-state index is 12.1. The molecule has 0 atom stereocenters. The van der Waals surface area contributed by atoms with E-state index in [9.17, 15) is 4.79 Å². The fraction of sp³-hybridized carbons (Fsp3) is 0.0769. The lowest BCUT2D eigenvalue weighted by atomic mass is 10.2. The van der Waals surface area contributed by atoms with Crippen molar-refractivity contribution >= 4 is 33.3 Å². The van der Waals surface area contributed by atoms with Crippen molar-refractivity contribution in [2.24, 2.45) is 5.84 Å². The van der Waals surface area contributed by atoms with Gasteiger partial charge in [-0.25, -0.2) is 10.8 Å². The zero-order chi connectivity index (χ0) is 14.5. The van der Waals surface area contributed by atoms with E-state index < -0.39 is 0 Å². The Bertz CT molecular complexity index is 634. The van der Waals surface area contributed by atoms with Crippen LogP contribution in [0.4, 0.5) is 11.5 Å². The summed E-state index contributed by atoms with van der Waals surface area (Å²) >= 11 is 3.36. The van der Waals surface area contributed by atoms with Gasteiger partial charge in [-0.3, -0.25) is 4.79 Å². The van der Waals surface area contributed by atoms with Crippen LogP contribution in [0.2, 0.25) is 0 Å². The normalized spacial score (nSPS) is 9.95. The van der Waals surface area contributed by atoms with E-state index in [0.717, 1.165) is 4.47 Å². The number of pyridine rings is 1. The van der Waals surface area contributed by atoms with Gasteiger partial charge in [0, 0.05) is 5.69 Å². The molecule has 0 aliphatic heterocycles. The Hall–Kier alpha value is -2.12. The van der Waals surface area contributed by atoms with E-state index in [1.807, 2.05) is 0 Å². The first kappa shape index (κ1) is 14.3. The number of nitrogen functional groups attached to an aromatic ring is 1. The molecule has 7 heteroatoms. The average Bonchev–Trinajstić information content (AvgIpc) is 2.47. The standard InChI is InChI=1S/C13H13BrN4O2/c1-20-11-6-5-8(7-9(11)14)16-13(19)10-3-2-4-12(17-10)18-15/h2-7H,15H2,1H3,(H,16,19)(H,17,18). The number of nitrogens with zero attached hydrogens (tertiary/aromatic N) is 1. The third-order valence-corrected chi connectivity index (χ3v) is 3.16. The van der Waals surface area contributed by atoms with E-state index in [4.69, 9.17) is 10.6 Å². The van der Waals surface area contributed by atoms with Crippen LogP contribution in [0.15, 0.2) is 40.9 Å². The van der Waals surface area contributed by atoms with Crippen LogP contribution in [0.25, 0.3) is 0 Å². The smallest absolute Gasteiger partial charge is 0.274 e. The van der Waals surface area contributed by atoms with Crippen molar-refractivity contribution in [3.8, 4) is 5.75 Å². The largest absolute Gasteiger partial charge is 0.496 e. The summed E-state index contributed by atoms with van der Waals surface area (Å²) in [5.41, 5.74) is 3.30. The number of halogens is 1. The van der Waals surface area contributed by atoms with Gasteiger partial charge in [0.05, 0.1) is 11.6 Å². The van der Waals surface area contributed by atoms with E-state index in [1.165, 1.54) is 0 Å². The number of hydrogen-bond donors (Lipinski definition) is 3. The Balaban J connectivity index is 2.16. The lowest BCUT2D eigenvalue weighted by Gasteiger charge is -2.08. The molecule has 0 saturated carbocycles. The van der Waals surface area contributed by atoms with Crippen LogP contribution >= 0.6 is 15.9 Å². The second kappa shape index (κ2) is 6.36. The molecule has 104 valence electrons. The summed E-state index contributed by atoms with van der Waals surface area (Å²) in [6, 6.07) is 10.2. The maximum Gasteiger partial charge on any atom is 0.274 e. The number of rotatable bonds is 4. The van der Waals surface area contributed by atoms with Gasteiger partial charge in [0.1, 0.15) is 17.3 Å². The second-order valence-electron chi connectivity index (χ2n) is 3.86. The third-order valence-electron chi connectivity index (χ3n) is 2.54. The lowest BCUT2D eigenvalue weighted by Crippen LogP contribution is -2.16. The Morgan fingerprint density at radius 1 is 1.35 bits per heavy atom. The molecular weight excluding hydrogens is 324 g/mol. The highest BCUT2D eigenvalue weighted by Gasteiger charge is 2.09. The minimum absolute atomic E-state index is 0.271. The van der Waals surface area contributed by atoms with Gasteiger partial charge in [-0.2, -0.15) is 0 Å². The highest BCUT2D eigenvalue weighted by atomic mass is 79.9. The van der Waals surface area contributed by atoms with Crippen LogP contribution in [0.1, 0.15) is 10.5 Å². The van der Waals surface area contributed by atoms with E-state index in [2.05, 4.69) is 31.7 Å². The molecule has 0 fully saturated rings. The molecular formula is C13H13BrN4O2. The first-order chi connectivity index (χ1) is 9.63. The second-order valence-corrected chi connectivity index (χ2v) is 4.71. The third kappa shape index (κ3) is 3.25. The molecule has 1 aromatic heterocycles. The minimum atomic E-state index is -0.320. The average molecular weight is 337 g/mol. The molecule has 0 bridgehead atoms. The van der Waals surface area contributed by atoms with Crippen molar-refractivity contribution in [3.63, 3.8) is 0 Å². The summed E-state index contributed by atoms with van der Waals surface area (Å²) in [7, 11) is 1.58. The van der Waals surface area contributed by atoms with Gasteiger partial charge in [0.25, 0.3) is 5.91 Å². The summed E-state index contributed by atoms with van der Waals surface area (Å²) in [4.78, 5) is 16.1. The number of amides is 1. The number of hydrazine groups is 1. The predicted molar refractivity (Wildman–Crippen MR) is 80.7 cm³/mol. The molecule has 0 aliphatic carbocycles. The fourth-order valence-electron chi connectivity index (χ4n) is 1.58. The monoisotopic (exact) mass is 336 g/mol. The molecule has 0 saturated heterocycles. The van der Waals surface area contributed by atoms with Crippen molar-refractivity contribution < 1.29 is 9.53 Å². The first-order valence-electron chi connectivity index (χ1n) is 5.72. The first-order valence-corrected chi connectivity index (χ1v) is 6.52. The summed E-state index contributed by atoms with van der Waals surface area (Å²) in [6.45, 7) is 0. The van der Waals surface area contributed by atoms with Gasteiger partial charge in [0.2, 0.25) is 0 Å². The number of carbonyl (C=O) groups excluding carboxylic acids is 1. The van der Waals surface area contributed by atoms with Gasteiger partial charge in [-0.05, 0) is 46.3 Å². The van der Waals surface area contributed by atoms with E-state index in [-0.39, 0.29) is 11.6 Å². The summed E-state index contributed by atoms with van der Waals surface area (Å²) in [6.07, 6.45) is 0. The van der Waals surface area contributed by atoms with E-state index in [1.54, 1.807) is 43.5 Å². The van der Waals surface area contributed by atoms with Crippen LogP contribution in [-0.2, 0) is 0 Å². The number of nitrogens with two attached hydrogens (primary N) is 1. The molecule has 6 nitrogen and oxygen atoms in total. The summed E-state index contributed by atoms with van der Waals surface area (Å²) in [5.74, 6) is 6.05. The van der Waals surface area contributed by atoms with Gasteiger partial charge in [-0.1, -0.05) is 6.07 Å². The zero-order valence-electron chi connectivity index (χ0n) is 10.7. The Morgan fingerprint density at radius 3 is 2.80 bits per heavy atom. The Kier molecular flexibility index (Phi) is 4.54. The topological polar surface area (TPSA) is 89.3 Å². The molecule has 1 amide bonds. The molecule has 2 rings (SSSR count). The van der Waals surface area contributed by atoms with Gasteiger partial charge >= 0.3 is 0 Å². The molecule has 4 N–H and O–H groups in total. The number of carbonyl (C=O) groups is 1. The number of nitrogens with one attached hydrogen (secondary N) is 2. The number of benzene rings is 1. The molecule has 20 heavy (non-hydrogen) atoms. The predicted octanol–water partition coefficient (Wildman–Crippen LogP) is 2.39. The molecule has 0 spiro atoms. The summed E-state index contributed by atoms with van der Waals surface area (Å²) < 4.78 is 5.88. The Labute approximate surface area is 124 Å². The van der Waals surface area contributed by atoms with Crippen LogP contribution in [0.5, 0.6) is 5.75 Å².